The van der Waals surface area contributed by atoms with Crippen molar-refractivity contribution in [1.82, 2.24) is 10.2 Å². The number of likely N-dealkylation sites (tertiary alicyclic amines) is 1. The van der Waals surface area contributed by atoms with Gasteiger partial charge in [0.2, 0.25) is 5.91 Å². The van der Waals surface area contributed by atoms with Gasteiger partial charge in [0.05, 0.1) is 0 Å². The average molecular weight is 282 g/mol. The normalized spacial score (nSPS) is 23.4. The van der Waals surface area contributed by atoms with Crippen molar-refractivity contribution in [3.63, 3.8) is 0 Å². The van der Waals surface area contributed by atoms with Crippen molar-refractivity contribution in [3.05, 3.63) is 12.7 Å². The zero-order valence-corrected chi connectivity index (χ0v) is 11.7. The summed E-state index contributed by atoms with van der Waals surface area (Å²) in [6.45, 7) is 5.62. The zero-order valence-electron chi connectivity index (χ0n) is 11.7. The van der Waals surface area contributed by atoms with Crippen LogP contribution in [0.25, 0.3) is 0 Å². The number of nitrogens with one attached hydrogen (secondary N) is 1. The monoisotopic (exact) mass is 282 g/mol. The van der Waals surface area contributed by atoms with Crippen LogP contribution in [0.4, 0.5) is 4.79 Å². The summed E-state index contributed by atoms with van der Waals surface area (Å²) in [6.07, 6.45) is 4.21. The third-order valence-electron chi connectivity index (χ3n) is 3.65. The molecule has 0 spiro atoms. The maximum absolute atomic E-state index is 11.9. The predicted octanol–water partition coefficient (Wildman–Crippen LogP) is 1.07. The summed E-state index contributed by atoms with van der Waals surface area (Å²) < 4.78 is 10.3. The Labute approximate surface area is 119 Å². The van der Waals surface area contributed by atoms with Gasteiger partial charge in [-0.05, 0) is 25.7 Å². The van der Waals surface area contributed by atoms with Crippen molar-refractivity contribution < 1.29 is 19.1 Å². The highest BCUT2D eigenvalue weighted by molar-refractivity contribution is 5.81. The summed E-state index contributed by atoms with van der Waals surface area (Å²) in [5.41, 5.74) is 0. The Morgan fingerprint density at radius 1 is 1.35 bits per heavy atom. The third-order valence-corrected chi connectivity index (χ3v) is 3.65. The molecule has 2 fully saturated rings. The molecule has 1 atom stereocenters. The van der Waals surface area contributed by atoms with Gasteiger partial charge in [-0.25, -0.2) is 4.79 Å². The Morgan fingerprint density at radius 2 is 2.10 bits per heavy atom. The lowest BCUT2D eigenvalue weighted by Crippen LogP contribution is -2.48. The van der Waals surface area contributed by atoms with Crippen LogP contribution in [0.5, 0.6) is 0 Å². The van der Waals surface area contributed by atoms with Crippen molar-refractivity contribution >= 4 is 12.0 Å². The largest absolute Gasteiger partial charge is 0.445 e. The Kier molecular flexibility index (Phi) is 5.40. The molecule has 2 aliphatic rings. The van der Waals surface area contributed by atoms with Crippen LogP contribution in [0.3, 0.4) is 0 Å². The highest BCUT2D eigenvalue weighted by atomic mass is 16.6. The van der Waals surface area contributed by atoms with Crippen molar-refractivity contribution in [3.8, 4) is 0 Å². The molecule has 0 bridgehead atoms. The van der Waals surface area contributed by atoms with Crippen molar-refractivity contribution in [1.29, 1.82) is 0 Å². The molecule has 0 aromatic carbocycles. The molecule has 20 heavy (non-hydrogen) atoms. The number of carbonyl (C=O) groups is 2. The van der Waals surface area contributed by atoms with E-state index in [1.807, 2.05) is 0 Å². The summed E-state index contributed by atoms with van der Waals surface area (Å²) >= 11 is 0. The topological polar surface area (TPSA) is 67.9 Å². The summed E-state index contributed by atoms with van der Waals surface area (Å²) in [6, 6.07) is 0.121. The minimum atomic E-state index is -0.311. The summed E-state index contributed by atoms with van der Waals surface area (Å²) in [5.74, 6) is -0.0183. The standard InChI is InChI=1S/C14H22N2O4/c1-2-9-20-14(18)16-7-5-11(6-8-16)15-13(17)12-4-3-10-19-12/h2,11-12H,1,3-10H2,(H,15,17). The SMILES string of the molecule is C=CCOC(=O)N1CCC(NC(=O)C2CCCO2)CC1. The van der Waals surface area contributed by atoms with Gasteiger partial charge < -0.3 is 19.7 Å². The van der Waals surface area contributed by atoms with E-state index in [0.29, 0.717) is 19.7 Å². The van der Waals surface area contributed by atoms with Crippen molar-refractivity contribution in [2.24, 2.45) is 0 Å². The lowest BCUT2D eigenvalue weighted by molar-refractivity contribution is -0.131. The van der Waals surface area contributed by atoms with E-state index in [4.69, 9.17) is 9.47 Å². The molecule has 2 amide bonds. The van der Waals surface area contributed by atoms with Gasteiger partial charge in [0.25, 0.3) is 0 Å². The Bertz CT molecular complexity index is 358. The first-order chi connectivity index (χ1) is 9.70. The van der Waals surface area contributed by atoms with Gasteiger partial charge in [-0.15, -0.1) is 0 Å². The number of ether oxygens (including phenoxy) is 2. The highest BCUT2D eigenvalue weighted by Gasteiger charge is 2.28. The van der Waals surface area contributed by atoms with Crippen LogP contribution in [0.2, 0.25) is 0 Å². The first kappa shape index (κ1) is 14.8. The Balaban J connectivity index is 1.69. The van der Waals surface area contributed by atoms with Crippen molar-refractivity contribution in [2.45, 2.75) is 37.8 Å². The van der Waals surface area contributed by atoms with Gasteiger partial charge in [0.1, 0.15) is 12.7 Å². The van der Waals surface area contributed by atoms with E-state index < -0.39 is 0 Å². The molecular weight excluding hydrogens is 260 g/mol. The third kappa shape index (κ3) is 3.96. The van der Waals surface area contributed by atoms with Crippen LogP contribution < -0.4 is 5.32 Å². The molecule has 0 radical (unpaired) electrons. The number of piperidine rings is 1. The van der Waals surface area contributed by atoms with E-state index >= 15 is 0 Å². The van der Waals surface area contributed by atoms with Crippen LogP contribution in [0.1, 0.15) is 25.7 Å². The maximum Gasteiger partial charge on any atom is 0.410 e. The van der Waals surface area contributed by atoms with E-state index in [2.05, 4.69) is 11.9 Å². The van der Waals surface area contributed by atoms with Gasteiger partial charge in [-0.2, -0.15) is 0 Å². The fraction of sp³-hybridized carbons (Fsp3) is 0.714. The van der Waals surface area contributed by atoms with E-state index in [0.717, 1.165) is 25.7 Å². The van der Waals surface area contributed by atoms with Gasteiger partial charge >= 0.3 is 6.09 Å². The molecule has 6 nitrogen and oxygen atoms in total. The van der Waals surface area contributed by atoms with Crippen LogP contribution >= 0.6 is 0 Å². The molecule has 1 N–H and O–H groups in total. The fourth-order valence-electron chi connectivity index (χ4n) is 2.51. The van der Waals surface area contributed by atoms with Crippen LogP contribution in [-0.2, 0) is 14.3 Å². The molecular formula is C14H22N2O4. The molecule has 0 aromatic rings. The molecule has 1 unspecified atom stereocenters. The maximum atomic E-state index is 11.9. The average Bonchev–Trinajstić information content (AvgIpc) is 3.00. The van der Waals surface area contributed by atoms with Crippen LogP contribution in [-0.4, -0.2) is 55.3 Å². The van der Waals surface area contributed by atoms with E-state index in [9.17, 15) is 9.59 Å². The second-order valence-corrected chi connectivity index (χ2v) is 5.14. The molecule has 2 saturated heterocycles. The molecule has 112 valence electrons. The number of rotatable bonds is 4. The van der Waals surface area contributed by atoms with E-state index in [1.54, 1.807) is 11.0 Å². The van der Waals surface area contributed by atoms with Gasteiger partial charge in [0.15, 0.2) is 0 Å². The first-order valence-corrected chi connectivity index (χ1v) is 7.15. The zero-order chi connectivity index (χ0) is 14.4. The molecule has 0 aromatic heterocycles. The van der Waals surface area contributed by atoms with Gasteiger partial charge in [0, 0.05) is 25.7 Å². The number of amides is 2. The highest BCUT2D eigenvalue weighted by Crippen LogP contribution is 2.15. The summed E-state index contributed by atoms with van der Waals surface area (Å²) in [7, 11) is 0. The minimum absolute atomic E-state index is 0.0183. The van der Waals surface area contributed by atoms with Crippen molar-refractivity contribution in [2.75, 3.05) is 26.3 Å². The van der Waals surface area contributed by atoms with E-state index in [1.165, 1.54) is 0 Å². The fourth-order valence-corrected chi connectivity index (χ4v) is 2.51. The number of hydrogen-bond acceptors (Lipinski definition) is 4. The first-order valence-electron chi connectivity index (χ1n) is 7.15. The van der Waals surface area contributed by atoms with Gasteiger partial charge in [-0.1, -0.05) is 12.7 Å². The smallest absolute Gasteiger partial charge is 0.410 e. The second-order valence-electron chi connectivity index (χ2n) is 5.14. The van der Waals surface area contributed by atoms with Gasteiger partial charge in [-0.3, -0.25) is 4.79 Å². The molecule has 0 aliphatic carbocycles. The second kappa shape index (κ2) is 7.28. The summed E-state index contributed by atoms with van der Waals surface area (Å²) in [4.78, 5) is 25.2. The van der Waals surface area contributed by atoms with Crippen LogP contribution in [0.15, 0.2) is 12.7 Å². The molecule has 2 aliphatic heterocycles. The molecule has 2 rings (SSSR count). The predicted molar refractivity (Wildman–Crippen MR) is 73.3 cm³/mol. The number of hydrogen-bond donors (Lipinski definition) is 1. The lowest BCUT2D eigenvalue weighted by Gasteiger charge is -2.32. The summed E-state index contributed by atoms with van der Waals surface area (Å²) in [5, 5.41) is 3.00. The Morgan fingerprint density at radius 3 is 2.70 bits per heavy atom. The minimum Gasteiger partial charge on any atom is -0.445 e. The van der Waals surface area contributed by atoms with E-state index in [-0.39, 0.29) is 30.8 Å². The van der Waals surface area contributed by atoms with Crippen LogP contribution in [0, 0.1) is 0 Å². The molecule has 6 heteroatoms. The molecule has 2 heterocycles. The number of carbonyl (C=O) groups excluding carboxylic acids is 2. The lowest BCUT2D eigenvalue weighted by atomic mass is 10.0. The quantitative estimate of drug-likeness (QED) is 0.783. The molecule has 0 saturated carbocycles. The number of nitrogens with zero attached hydrogens (tertiary/aromatic N) is 1. The Hall–Kier alpha value is -1.56.